The van der Waals surface area contributed by atoms with Crippen LogP contribution in [0.5, 0.6) is 0 Å². The summed E-state index contributed by atoms with van der Waals surface area (Å²) in [5.74, 6) is 3.24. The van der Waals surface area contributed by atoms with E-state index in [1.807, 2.05) is 0 Å². The maximum absolute atomic E-state index is 6.26. The van der Waals surface area contributed by atoms with Crippen molar-refractivity contribution in [2.45, 2.75) is 71.3 Å². The summed E-state index contributed by atoms with van der Waals surface area (Å²) in [4.78, 5) is 4.85. The first-order valence-electron chi connectivity index (χ1n) is 7.00. The maximum atomic E-state index is 6.26. The number of nitrogens with two attached hydrogens (primary N) is 1. The van der Waals surface area contributed by atoms with Gasteiger partial charge in [-0.2, -0.15) is 0 Å². The average molecular weight is 235 g/mol. The van der Waals surface area contributed by atoms with E-state index < -0.39 is 0 Å². The fourth-order valence-corrected chi connectivity index (χ4v) is 2.88. The number of anilines is 1. The van der Waals surface area contributed by atoms with Gasteiger partial charge >= 0.3 is 0 Å². The zero-order valence-corrected chi connectivity index (χ0v) is 11.4. The molecular weight excluding hydrogens is 210 g/mol. The Balaban J connectivity index is 2.37. The molecule has 0 aromatic carbocycles. The Hall–Kier alpha value is -0.990. The quantitative estimate of drug-likeness (QED) is 0.865. The molecule has 0 unspecified atom stereocenters. The van der Waals surface area contributed by atoms with E-state index in [2.05, 4.69) is 25.3 Å². The van der Waals surface area contributed by atoms with Crippen molar-refractivity contribution in [3.8, 4) is 0 Å². The van der Waals surface area contributed by atoms with Crippen molar-refractivity contribution in [2.24, 2.45) is 0 Å². The van der Waals surface area contributed by atoms with E-state index in [0.717, 1.165) is 24.5 Å². The lowest BCUT2D eigenvalue weighted by atomic mass is 10.1. The smallest absolute Gasteiger partial charge is 0.127 e. The van der Waals surface area contributed by atoms with Crippen molar-refractivity contribution >= 4 is 5.82 Å². The van der Waals surface area contributed by atoms with Crippen LogP contribution in [0.4, 0.5) is 5.82 Å². The first-order valence-corrected chi connectivity index (χ1v) is 7.00. The SMILES string of the molecule is CCCn1c(C2CCCC2)nc(C(C)C)c1N. The molecule has 96 valence electrons. The van der Waals surface area contributed by atoms with Gasteiger partial charge in [-0.1, -0.05) is 33.6 Å². The zero-order chi connectivity index (χ0) is 12.4. The van der Waals surface area contributed by atoms with E-state index in [1.165, 1.54) is 31.5 Å². The molecular formula is C14H25N3. The van der Waals surface area contributed by atoms with Gasteiger partial charge in [-0.15, -0.1) is 0 Å². The number of hydrogen-bond donors (Lipinski definition) is 1. The van der Waals surface area contributed by atoms with Crippen LogP contribution >= 0.6 is 0 Å². The molecule has 1 heterocycles. The van der Waals surface area contributed by atoms with Crippen LogP contribution in [0, 0.1) is 0 Å². The molecule has 2 N–H and O–H groups in total. The maximum Gasteiger partial charge on any atom is 0.127 e. The van der Waals surface area contributed by atoms with Crippen LogP contribution in [-0.2, 0) is 6.54 Å². The second kappa shape index (κ2) is 5.11. The van der Waals surface area contributed by atoms with Crippen molar-refractivity contribution in [1.29, 1.82) is 0 Å². The predicted octanol–water partition coefficient (Wildman–Crippen LogP) is 3.66. The number of rotatable bonds is 4. The molecule has 0 amide bonds. The second-order valence-corrected chi connectivity index (χ2v) is 5.53. The van der Waals surface area contributed by atoms with Gasteiger partial charge in [-0.3, -0.25) is 0 Å². The molecule has 1 saturated carbocycles. The summed E-state index contributed by atoms with van der Waals surface area (Å²) in [7, 11) is 0. The summed E-state index contributed by atoms with van der Waals surface area (Å²) in [6.07, 6.45) is 6.40. The number of nitrogens with zero attached hydrogens (tertiary/aromatic N) is 2. The molecule has 1 aliphatic rings. The van der Waals surface area contributed by atoms with Crippen molar-refractivity contribution in [3.05, 3.63) is 11.5 Å². The number of hydrogen-bond acceptors (Lipinski definition) is 2. The molecule has 1 aromatic heterocycles. The van der Waals surface area contributed by atoms with Crippen molar-refractivity contribution < 1.29 is 0 Å². The number of nitrogen functional groups attached to an aromatic ring is 1. The molecule has 1 fully saturated rings. The zero-order valence-electron chi connectivity index (χ0n) is 11.4. The standard InChI is InChI=1S/C14H25N3/c1-4-9-17-13(15)12(10(2)3)16-14(17)11-7-5-6-8-11/h10-11H,4-9,15H2,1-3H3. The lowest BCUT2D eigenvalue weighted by molar-refractivity contribution is 0.578. The minimum absolute atomic E-state index is 0.424. The van der Waals surface area contributed by atoms with E-state index in [1.54, 1.807) is 0 Å². The van der Waals surface area contributed by atoms with Crippen LogP contribution < -0.4 is 5.73 Å². The Morgan fingerprint density at radius 1 is 1.35 bits per heavy atom. The summed E-state index contributed by atoms with van der Waals surface area (Å²) < 4.78 is 2.27. The third kappa shape index (κ3) is 2.33. The van der Waals surface area contributed by atoms with Crippen molar-refractivity contribution in [1.82, 2.24) is 9.55 Å². The average Bonchev–Trinajstić information content (AvgIpc) is 2.88. The van der Waals surface area contributed by atoms with Gasteiger partial charge in [-0.05, 0) is 25.2 Å². The van der Waals surface area contributed by atoms with Crippen LogP contribution in [0.1, 0.15) is 76.2 Å². The van der Waals surface area contributed by atoms with Crippen molar-refractivity contribution in [2.75, 3.05) is 5.73 Å². The summed E-state index contributed by atoms with van der Waals surface area (Å²) in [6.45, 7) is 7.56. The van der Waals surface area contributed by atoms with Gasteiger partial charge in [0.15, 0.2) is 0 Å². The minimum Gasteiger partial charge on any atom is -0.384 e. The summed E-state index contributed by atoms with van der Waals surface area (Å²) in [6, 6.07) is 0. The lowest BCUT2D eigenvalue weighted by Gasteiger charge is -2.12. The largest absolute Gasteiger partial charge is 0.384 e. The van der Waals surface area contributed by atoms with Crippen LogP contribution in [0.25, 0.3) is 0 Å². The van der Waals surface area contributed by atoms with E-state index in [0.29, 0.717) is 11.8 Å². The molecule has 0 bridgehead atoms. The topological polar surface area (TPSA) is 43.8 Å². The Bertz CT molecular complexity index is 373. The molecule has 0 spiro atoms. The fraction of sp³-hybridized carbons (Fsp3) is 0.786. The highest BCUT2D eigenvalue weighted by molar-refractivity contribution is 5.41. The Labute approximate surface area is 104 Å². The van der Waals surface area contributed by atoms with Gasteiger partial charge in [0, 0.05) is 12.5 Å². The van der Waals surface area contributed by atoms with Gasteiger partial charge in [0.05, 0.1) is 5.69 Å². The fourth-order valence-electron chi connectivity index (χ4n) is 2.88. The summed E-state index contributed by atoms with van der Waals surface area (Å²) >= 11 is 0. The third-order valence-corrected chi connectivity index (χ3v) is 3.78. The highest BCUT2D eigenvalue weighted by Crippen LogP contribution is 2.36. The lowest BCUT2D eigenvalue weighted by Crippen LogP contribution is -2.09. The van der Waals surface area contributed by atoms with Gasteiger partial charge in [-0.25, -0.2) is 4.98 Å². The van der Waals surface area contributed by atoms with Crippen molar-refractivity contribution in [3.63, 3.8) is 0 Å². The molecule has 17 heavy (non-hydrogen) atoms. The van der Waals surface area contributed by atoms with E-state index in [-0.39, 0.29) is 0 Å². The predicted molar refractivity (Wildman–Crippen MR) is 72.2 cm³/mol. The summed E-state index contributed by atoms with van der Waals surface area (Å²) in [5.41, 5.74) is 7.36. The molecule has 3 nitrogen and oxygen atoms in total. The molecule has 0 aliphatic heterocycles. The number of imidazole rings is 1. The normalized spacial score (nSPS) is 17.2. The molecule has 0 saturated heterocycles. The van der Waals surface area contributed by atoms with Gasteiger partial charge in [0.1, 0.15) is 11.6 Å². The first-order chi connectivity index (χ1) is 8.15. The van der Waals surface area contributed by atoms with E-state index in [9.17, 15) is 0 Å². The summed E-state index contributed by atoms with van der Waals surface area (Å²) in [5, 5.41) is 0. The Morgan fingerprint density at radius 2 is 2.00 bits per heavy atom. The van der Waals surface area contributed by atoms with E-state index in [4.69, 9.17) is 10.7 Å². The highest BCUT2D eigenvalue weighted by Gasteiger charge is 2.25. The van der Waals surface area contributed by atoms with Crippen LogP contribution in [0.2, 0.25) is 0 Å². The number of aromatic nitrogens is 2. The van der Waals surface area contributed by atoms with Crippen LogP contribution in [0.3, 0.4) is 0 Å². The van der Waals surface area contributed by atoms with Gasteiger partial charge in [0.25, 0.3) is 0 Å². The molecule has 2 rings (SSSR count). The molecule has 0 atom stereocenters. The molecule has 1 aliphatic carbocycles. The Morgan fingerprint density at radius 3 is 2.53 bits per heavy atom. The first kappa shape index (κ1) is 12.5. The molecule has 1 aromatic rings. The second-order valence-electron chi connectivity index (χ2n) is 5.53. The molecule has 0 radical (unpaired) electrons. The minimum atomic E-state index is 0.424. The van der Waals surface area contributed by atoms with Gasteiger partial charge < -0.3 is 10.3 Å². The third-order valence-electron chi connectivity index (χ3n) is 3.78. The van der Waals surface area contributed by atoms with E-state index >= 15 is 0 Å². The highest BCUT2D eigenvalue weighted by atomic mass is 15.1. The van der Waals surface area contributed by atoms with Crippen LogP contribution in [-0.4, -0.2) is 9.55 Å². The monoisotopic (exact) mass is 235 g/mol. The van der Waals surface area contributed by atoms with Crippen LogP contribution in [0.15, 0.2) is 0 Å². The Kier molecular flexibility index (Phi) is 3.75. The molecule has 3 heteroatoms. The van der Waals surface area contributed by atoms with Gasteiger partial charge in [0.2, 0.25) is 0 Å².